The molecule has 0 aliphatic carbocycles. The molecule has 0 saturated carbocycles. The van der Waals surface area contributed by atoms with Crippen LogP contribution in [-0.4, -0.2) is 19.3 Å². The van der Waals surface area contributed by atoms with Crippen molar-refractivity contribution < 1.29 is 9.47 Å². The molecule has 0 N–H and O–H groups in total. The number of ether oxygens (including phenoxy) is 2. The largest absolute Gasteiger partial charge is 0.496 e. The molecule has 1 fully saturated rings. The summed E-state index contributed by atoms with van der Waals surface area (Å²) >= 11 is 0. The van der Waals surface area contributed by atoms with Gasteiger partial charge in [0.15, 0.2) is 0 Å². The first-order valence-electron chi connectivity index (χ1n) is 6.46. The topological polar surface area (TPSA) is 21.8 Å². The van der Waals surface area contributed by atoms with E-state index in [2.05, 4.69) is 26.8 Å². The van der Waals surface area contributed by atoms with Gasteiger partial charge >= 0.3 is 0 Å². The fraction of sp³-hybridized carbons (Fsp3) is 0.600. The normalized spacial score (nSPS) is 24.5. The SMILES string of the molecule is CCC1OC1CC(C)c1c(C)cccc1OC. The number of hydrogen-bond donors (Lipinski definition) is 0. The first kappa shape index (κ1) is 12.4. The summed E-state index contributed by atoms with van der Waals surface area (Å²) in [6, 6.07) is 6.25. The lowest BCUT2D eigenvalue weighted by Crippen LogP contribution is -2.05. The molecule has 2 rings (SSSR count). The second-order valence-electron chi connectivity index (χ2n) is 4.95. The second-order valence-corrected chi connectivity index (χ2v) is 4.95. The monoisotopic (exact) mass is 234 g/mol. The average Bonchev–Trinajstić information content (AvgIpc) is 3.06. The lowest BCUT2D eigenvalue weighted by atomic mass is 9.91. The van der Waals surface area contributed by atoms with Gasteiger partial charge in [0.25, 0.3) is 0 Å². The molecule has 0 aromatic heterocycles. The van der Waals surface area contributed by atoms with Crippen molar-refractivity contribution >= 4 is 0 Å². The molecule has 3 unspecified atom stereocenters. The van der Waals surface area contributed by atoms with Crippen molar-refractivity contribution in [2.75, 3.05) is 7.11 Å². The Labute approximate surface area is 104 Å². The van der Waals surface area contributed by atoms with Crippen LogP contribution in [0.15, 0.2) is 18.2 Å². The molecule has 2 heteroatoms. The van der Waals surface area contributed by atoms with Crippen molar-refractivity contribution in [3.05, 3.63) is 29.3 Å². The van der Waals surface area contributed by atoms with Crippen molar-refractivity contribution in [2.24, 2.45) is 0 Å². The van der Waals surface area contributed by atoms with Crippen LogP contribution in [0, 0.1) is 6.92 Å². The Morgan fingerprint density at radius 1 is 1.35 bits per heavy atom. The van der Waals surface area contributed by atoms with Gasteiger partial charge in [-0.1, -0.05) is 26.0 Å². The second kappa shape index (κ2) is 5.09. The van der Waals surface area contributed by atoms with E-state index >= 15 is 0 Å². The molecule has 0 bridgehead atoms. The highest BCUT2D eigenvalue weighted by atomic mass is 16.6. The summed E-state index contributed by atoms with van der Waals surface area (Å²) in [5.41, 5.74) is 2.64. The highest BCUT2D eigenvalue weighted by molar-refractivity contribution is 5.42. The molecule has 0 spiro atoms. The molecule has 1 aliphatic heterocycles. The molecule has 1 aliphatic rings. The third-order valence-corrected chi connectivity index (χ3v) is 3.67. The average molecular weight is 234 g/mol. The molecule has 0 radical (unpaired) electrons. The number of hydrogen-bond acceptors (Lipinski definition) is 2. The van der Waals surface area contributed by atoms with E-state index in [0.29, 0.717) is 18.1 Å². The maximum Gasteiger partial charge on any atom is 0.122 e. The first-order chi connectivity index (χ1) is 8.17. The maximum atomic E-state index is 5.63. The van der Waals surface area contributed by atoms with Crippen LogP contribution in [-0.2, 0) is 4.74 Å². The summed E-state index contributed by atoms with van der Waals surface area (Å²) in [6.07, 6.45) is 3.17. The Balaban J connectivity index is 2.10. The third kappa shape index (κ3) is 2.63. The fourth-order valence-corrected chi connectivity index (χ4v) is 2.68. The van der Waals surface area contributed by atoms with E-state index in [-0.39, 0.29) is 0 Å². The Kier molecular flexibility index (Phi) is 3.72. The summed E-state index contributed by atoms with van der Waals surface area (Å²) in [4.78, 5) is 0. The Morgan fingerprint density at radius 2 is 2.12 bits per heavy atom. The van der Waals surface area contributed by atoms with Crippen molar-refractivity contribution in [3.63, 3.8) is 0 Å². The first-order valence-corrected chi connectivity index (χ1v) is 6.46. The number of aryl methyl sites for hydroxylation is 1. The van der Waals surface area contributed by atoms with Gasteiger partial charge in [-0.3, -0.25) is 0 Å². The van der Waals surface area contributed by atoms with Gasteiger partial charge < -0.3 is 9.47 Å². The van der Waals surface area contributed by atoms with Gasteiger partial charge in [0, 0.05) is 0 Å². The van der Waals surface area contributed by atoms with E-state index in [0.717, 1.165) is 18.6 Å². The molecule has 0 amide bonds. The molecule has 1 aromatic rings. The van der Waals surface area contributed by atoms with Gasteiger partial charge in [-0.2, -0.15) is 0 Å². The van der Waals surface area contributed by atoms with Crippen LogP contribution in [0.5, 0.6) is 5.75 Å². The smallest absolute Gasteiger partial charge is 0.122 e. The zero-order chi connectivity index (χ0) is 12.4. The Bertz CT molecular complexity index is 387. The summed E-state index contributed by atoms with van der Waals surface area (Å²) in [5, 5.41) is 0. The zero-order valence-corrected chi connectivity index (χ0v) is 11.2. The number of methoxy groups -OCH3 is 1. The summed E-state index contributed by atoms with van der Waals surface area (Å²) in [5.74, 6) is 1.50. The van der Waals surface area contributed by atoms with E-state index in [9.17, 15) is 0 Å². The molecule has 2 nitrogen and oxygen atoms in total. The van der Waals surface area contributed by atoms with Crippen molar-refractivity contribution in [1.29, 1.82) is 0 Å². The minimum Gasteiger partial charge on any atom is -0.496 e. The standard InChI is InChI=1S/C15H22O2/c1-5-12-14(17-12)9-11(3)15-10(2)7-6-8-13(15)16-4/h6-8,11-12,14H,5,9H2,1-4H3. The zero-order valence-electron chi connectivity index (χ0n) is 11.2. The van der Waals surface area contributed by atoms with Gasteiger partial charge in [0.1, 0.15) is 5.75 Å². The van der Waals surface area contributed by atoms with Crippen LogP contribution >= 0.6 is 0 Å². The molecule has 17 heavy (non-hydrogen) atoms. The van der Waals surface area contributed by atoms with Crippen LogP contribution in [0.1, 0.15) is 43.7 Å². The molecule has 1 heterocycles. The van der Waals surface area contributed by atoms with Crippen LogP contribution < -0.4 is 4.74 Å². The minimum atomic E-state index is 0.458. The van der Waals surface area contributed by atoms with Crippen LogP contribution in [0.4, 0.5) is 0 Å². The number of benzene rings is 1. The van der Waals surface area contributed by atoms with E-state index in [1.807, 2.05) is 12.1 Å². The van der Waals surface area contributed by atoms with Crippen LogP contribution in [0.25, 0.3) is 0 Å². The van der Waals surface area contributed by atoms with E-state index < -0.39 is 0 Å². The van der Waals surface area contributed by atoms with Gasteiger partial charge in [-0.15, -0.1) is 0 Å². The van der Waals surface area contributed by atoms with E-state index in [4.69, 9.17) is 9.47 Å². The van der Waals surface area contributed by atoms with Gasteiger partial charge in [0.05, 0.1) is 19.3 Å². The molecular formula is C15H22O2. The third-order valence-electron chi connectivity index (χ3n) is 3.67. The molecule has 1 aromatic carbocycles. The predicted octanol–water partition coefficient (Wildman–Crippen LogP) is 3.67. The molecule has 94 valence electrons. The Hall–Kier alpha value is -1.02. The lowest BCUT2D eigenvalue weighted by Gasteiger charge is -2.17. The van der Waals surface area contributed by atoms with Gasteiger partial charge in [-0.25, -0.2) is 0 Å². The number of epoxide rings is 1. The van der Waals surface area contributed by atoms with E-state index in [1.54, 1.807) is 7.11 Å². The summed E-state index contributed by atoms with van der Waals surface area (Å²) < 4.78 is 11.1. The minimum absolute atomic E-state index is 0.458. The van der Waals surface area contributed by atoms with Crippen LogP contribution in [0.3, 0.4) is 0 Å². The van der Waals surface area contributed by atoms with Gasteiger partial charge in [-0.05, 0) is 42.9 Å². The Morgan fingerprint density at radius 3 is 2.71 bits per heavy atom. The molecular weight excluding hydrogens is 212 g/mol. The van der Waals surface area contributed by atoms with Gasteiger partial charge in [0.2, 0.25) is 0 Å². The lowest BCUT2D eigenvalue weighted by molar-refractivity contribution is 0.350. The number of rotatable bonds is 5. The van der Waals surface area contributed by atoms with Crippen molar-refractivity contribution in [1.82, 2.24) is 0 Å². The predicted molar refractivity (Wildman–Crippen MR) is 69.7 cm³/mol. The highest BCUT2D eigenvalue weighted by Gasteiger charge is 2.38. The van der Waals surface area contributed by atoms with E-state index in [1.165, 1.54) is 11.1 Å². The fourth-order valence-electron chi connectivity index (χ4n) is 2.68. The molecule has 3 atom stereocenters. The van der Waals surface area contributed by atoms with Crippen molar-refractivity contribution in [3.8, 4) is 5.75 Å². The molecule has 1 saturated heterocycles. The quantitative estimate of drug-likeness (QED) is 0.725. The maximum absolute atomic E-state index is 5.63. The summed E-state index contributed by atoms with van der Waals surface area (Å²) in [6.45, 7) is 6.60. The summed E-state index contributed by atoms with van der Waals surface area (Å²) in [7, 11) is 1.74. The van der Waals surface area contributed by atoms with Crippen LogP contribution in [0.2, 0.25) is 0 Å². The van der Waals surface area contributed by atoms with Crippen molar-refractivity contribution in [2.45, 2.75) is 51.7 Å². The highest BCUT2D eigenvalue weighted by Crippen LogP contribution is 2.38.